The first-order valence-electron chi connectivity index (χ1n) is 8.14. The minimum Gasteiger partial charge on any atom is -0.395 e. The van der Waals surface area contributed by atoms with Gasteiger partial charge in [-0.2, -0.15) is 0 Å². The topological polar surface area (TPSA) is 23.5 Å². The Bertz CT molecular complexity index is 458. The number of aliphatic hydroxyl groups excluding tert-OH is 1. The third kappa shape index (κ3) is 6.33. The minimum atomic E-state index is 0.130. The quantitative estimate of drug-likeness (QED) is 0.735. The molecule has 0 aromatic heterocycles. The Hall–Kier alpha value is -1.30. The van der Waals surface area contributed by atoms with Gasteiger partial charge in [0.1, 0.15) is 0 Å². The highest BCUT2D eigenvalue weighted by Crippen LogP contribution is 2.15. The van der Waals surface area contributed by atoms with E-state index < -0.39 is 0 Å². The van der Waals surface area contributed by atoms with E-state index in [2.05, 4.69) is 55.7 Å². The van der Waals surface area contributed by atoms with E-state index in [1.54, 1.807) is 0 Å². The first-order chi connectivity index (χ1) is 10.2. The maximum atomic E-state index is 8.85. The minimum absolute atomic E-state index is 0.130. The summed E-state index contributed by atoms with van der Waals surface area (Å²) in [6, 6.07) is 8.96. The normalized spacial score (nSPS) is 12.0. The van der Waals surface area contributed by atoms with Crippen LogP contribution < -0.4 is 0 Å². The molecular formula is C19H29NO. The average Bonchev–Trinajstić information content (AvgIpc) is 2.52. The Kier molecular flexibility index (Phi) is 8.82. The van der Waals surface area contributed by atoms with Gasteiger partial charge in [0.2, 0.25) is 0 Å². The molecule has 2 nitrogen and oxygen atoms in total. The summed E-state index contributed by atoms with van der Waals surface area (Å²) in [5.41, 5.74) is 2.38. The average molecular weight is 287 g/mol. The van der Waals surface area contributed by atoms with E-state index in [0.29, 0.717) is 12.5 Å². The molecule has 1 rings (SSSR count). The lowest BCUT2D eigenvalue weighted by Crippen LogP contribution is -2.33. The number of hydrogen-bond donors (Lipinski definition) is 1. The van der Waals surface area contributed by atoms with Crippen molar-refractivity contribution >= 4 is 0 Å². The summed E-state index contributed by atoms with van der Waals surface area (Å²) in [6.45, 7) is 9.02. The lowest BCUT2D eigenvalue weighted by molar-refractivity contribution is 0.192. The molecule has 0 fully saturated rings. The molecule has 0 radical (unpaired) electrons. The SMILES string of the molecule is CCCCN(Cc1ccccc1C#CCCO)C(C)CC. The lowest BCUT2D eigenvalue weighted by Gasteiger charge is -2.28. The van der Waals surface area contributed by atoms with E-state index in [-0.39, 0.29) is 6.61 Å². The maximum absolute atomic E-state index is 8.85. The van der Waals surface area contributed by atoms with Gasteiger partial charge in [-0.15, -0.1) is 0 Å². The van der Waals surface area contributed by atoms with Crippen molar-refractivity contribution in [2.24, 2.45) is 0 Å². The molecule has 0 heterocycles. The molecule has 0 amide bonds. The molecule has 116 valence electrons. The van der Waals surface area contributed by atoms with Crippen LogP contribution in [-0.4, -0.2) is 29.2 Å². The van der Waals surface area contributed by atoms with Crippen molar-refractivity contribution in [2.75, 3.05) is 13.2 Å². The Balaban J connectivity index is 2.85. The van der Waals surface area contributed by atoms with Crippen LogP contribution >= 0.6 is 0 Å². The van der Waals surface area contributed by atoms with E-state index in [1.807, 2.05) is 6.07 Å². The number of unbranched alkanes of at least 4 members (excludes halogenated alkanes) is 1. The number of nitrogens with zero attached hydrogens (tertiary/aromatic N) is 1. The summed E-state index contributed by atoms with van der Waals surface area (Å²) in [5, 5.41) is 8.85. The molecule has 21 heavy (non-hydrogen) atoms. The Morgan fingerprint density at radius 2 is 2.00 bits per heavy atom. The van der Waals surface area contributed by atoms with Crippen molar-refractivity contribution in [1.82, 2.24) is 4.90 Å². The van der Waals surface area contributed by atoms with Crippen molar-refractivity contribution in [3.8, 4) is 11.8 Å². The molecule has 2 heteroatoms. The molecule has 1 N–H and O–H groups in total. The van der Waals surface area contributed by atoms with Crippen molar-refractivity contribution in [1.29, 1.82) is 0 Å². The van der Waals surface area contributed by atoms with E-state index >= 15 is 0 Å². The van der Waals surface area contributed by atoms with Gasteiger partial charge in [-0.25, -0.2) is 0 Å². The van der Waals surface area contributed by atoms with Gasteiger partial charge in [-0.3, -0.25) is 4.90 Å². The van der Waals surface area contributed by atoms with Crippen LogP contribution in [0.1, 0.15) is 57.6 Å². The number of benzene rings is 1. The van der Waals surface area contributed by atoms with Crippen molar-refractivity contribution in [3.05, 3.63) is 35.4 Å². The molecule has 0 bridgehead atoms. The Labute approximate surface area is 130 Å². The maximum Gasteiger partial charge on any atom is 0.0540 e. The molecule has 0 aliphatic rings. The highest BCUT2D eigenvalue weighted by molar-refractivity contribution is 5.41. The van der Waals surface area contributed by atoms with E-state index in [0.717, 1.165) is 18.7 Å². The number of hydrogen-bond acceptors (Lipinski definition) is 2. The molecule has 1 atom stereocenters. The molecule has 1 unspecified atom stereocenters. The van der Waals surface area contributed by atoms with Crippen LogP contribution in [0.2, 0.25) is 0 Å². The monoisotopic (exact) mass is 287 g/mol. The third-order valence-electron chi connectivity index (χ3n) is 3.86. The van der Waals surface area contributed by atoms with Crippen molar-refractivity contribution in [3.63, 3.8) is 0 Å². The standard InChI is InChI=1S/C19H29NO/c1-4-6-14-20(17(3)5-2)16-19-13-8-7-11-18(19)12-9-10-15-21/h7-8,11,13,17,21H,4-6,10,14-16H2,1-3H3. The summed E-state index contributed by atoms with van der Waals surface area (Å²) in [6.07, 6.45) is 4.18. The molecule has 0 spiro atoms. The van der Waals surface area contributed by atoms with Gasteiger partial charge in [0.25, 0.3) is 0 Å². The van der Waals surface area contributed by atoms with Crippen LogP contribution in [0.25, 0.3) is 0 Å². The molecule has 0 saturated heterocycles. The zero-order chi connectivity index (χ0) is 15.5. The van der Waals surface area contributed by atoms with Gasteiger partial charge in [0.15, 0.2) is 0 Å². The molecule has 1 aromatic carbocycles. The largest absolute Gasteiger partial charge is 0.395 e. The fourth-order valence-electron chi connectivity index (χ4n) is 2.29. The van der Waals surface area contributed by atoms with Crippen molar-refractivity contribution < 1.29 is 5.11 Å². The zero-order valence-electron chi connectivity index (χ0n) is 13.7. The number of aliphatic hydroxyl groups is 1. The second kappa shape index (κ2) is 10.4. The van der Waals surface area contributed by atoms with Gasteiger partial charge in [-0.05, 0) is 37.9 Å². The van der Waals surface area contributed by atoms with Gasteiger partial charge >= 0.3 is 0 Å². The molecule has 1 aromatic rings. The van der Waals surface area contributed by atoms with E-state index in [1.165, 1.54) is 24.8 Å². The van der Waals surface area contributed by atoms with E-state index in [4.69, 9.17) is 5.11 Å². The highest BCUT2D eigenvalue weighted by atomic mass is 16.2. The van der Waals surface area contributed by atoms with Gasteiger partial charge in [0, 0.05) is 24.6 Å². The first kappa shape index (κ1) is 17.8. The summed E-state index contributed by atoms with van der Waals surface area (Å²) in [4.78, 5) is 2.55. The summed E-state index contributed by atoms with van der Waals surface area (Å²) < 4.78 is 0. The third-order valence-corrected chi connectivity index (χ3v) is 3.86. The molecule has 0 aliphatic carbocycles. The van der Waals surface area contributed by atoms with Crippen LogP contribution in [0.5, 0.6) is 0 Å². The van der Waals surface area contributed by atoms with Crippen molar-refractivity contribution in [2.45, 2.75) is 59.0 Å². The predicted octanol–water partition coefficient (Wildman–Crippen LogP) is 3.82. The molecule has 0 aliphatic heterocycles. The Morgan fingerprint density at radius 1 is 1.24 bits per heavy atom. The summed E-state index contributed by atoms with van der Waals surface area (Å²) in [5.74, 6) is 6.23. The summed E-state index contributed by atoms with van der Waals surface area (Å²) >= 11 is 0. The van der Waals surface area contributed by atoms with Gasteiger partial charge in [0.05, 0.1) is 6.61 Å². The number of rotatable bonds is 8. The molecular weight excluding hydrogens is 258 g/mol. The van der Waals surface area contributed by atoms with Crippen LogP contribution in [0.3, 0.4) is 0 Å². The fraction of sp³-hybridized carbons (Fsp3) is 0.579. The highest BCUT2D eigenvalue weighted by Gasteiger charge is 2.13. The fourth-order valence-corrected chi connectivity index (χ4v) is 2.29. The second-order valence-electron chi connectivity index (χ2n) is 5.51. The van der Waals surface area contributed by atoms with Gasteiger partial charge < -0.3 is 5.11 Å². The summed E-state index contributed by atoms with van der Waals surface area (Å²) in [7, 11) is 0. The van der Waals surface area contributed by atoms with Crippen LogP contribution in [0, 0.1) is 11.8 Å². The lowest BCUT2D eigenvalue weighted by atomic mass is 10.1. The van der Waals surface area contributed by atoms with Crippen LogP contribution in [-0.2, 0) is 6.54 Å². The van der Waals surface area contributed by atoms with Gasteiger partial charge in [-0.1, -0.05) is 50.3 Å². The smallest absolute Gasteiger partial charge is 0.0540 e. The zero-order valence-corrected chi connectivity index (χ0v) is 13.7. The molecule has 0 saturated carbocycles. The predicted molar refractivity (Wildman–Crippen MR) is 90.1 cm³/mol. The second-order valence-corrected chi connectivity index (χ2v) is 5.51. The first-order valence-corrected chi connectivity index (χ1v) is 8.14. The van der Waals surface area contributed by atoms with Crippen LogP contribution in [0.15, 0.2) is 24.3 Å². The Morgan fingerprint density at radius 3 is 2.67 bits per heavy atom. The van der Waals surface area contributed by atoms with E-state index in [9.17, 15) is 0 Å². The van der Waals surface area contributed by atoms with Crippen LogP contribution in [0.4, 0.5) is 0 Å².